The van der Waals surface area contributed by atoms with E-state index in [4.69, 9.17) is 0 Å². The third-order valence-corrected chi connectivity index (χ3v) is 8.84. The molecule has 0 radical (unpaired) electrons. The smallest absolute Gasteiger partial charge is 0.264 e. The van der Waals surface area contributed by atoms with Gasteiger partial charge in [-0.1, -0.05) is 6.92 Å². The summed E-state index contributed by atoms with van der Waals surface area (Å²) in [7, 11) is -2.16. The molecule has 0 amide bonds. The van der Waals surface area contributed by atoms with Gasteiger partial charge in [0.1, 0.15) is 5.82 Å². The first-order valence-electron chi connectivity index (χ1n) is 12.1. The third kappa shape index (κ3) is 4.31. The molecule has 0 N–H and O–H groups in total. The first-order valence-corrected chi connectivity index (χ1v) is 13.5. The molecule has 0 spiro atoms. The fourth-order valence-electron chi connectivity index (χ4n) is 4.95. The summed E-state index contributed by atoms with van der Waals surface area (Å²) in [5, 5.41) is 13.5. The predicted octanol–water partition coefficient (Wildman–Crippen LogP) is 3.45. The molecule has 0 bridgehead atoms. The molecule has 11 heteroatoms. The lowest BCUT2D eigenvalue weighted by Crippen LogP contribution is -2.53. The molecular formula is C25H30FN7O2S. The zero-order chi connectivity index (χ0) is 25.6. The molecule has 9 nitrogen and oxygen atoms in total. The number of sulfonamides is 1. The van der Waals surface area contributed by atoms with Gasteiger partial charge >= 0.3 is 0 Å². The topological polar surface area (TPSA) is 89.2 Å². The maximum atomic E-state index is 13.4. The molecule has 5 rings (SSSR count). The fourth-order valence-corrected chi connectivity index (χ4v) is 6.28. The number of aromatic nitrogens is 5. The van der Waals surface area contributed by atoms with Crippen molar-refractivity contribution in [2.24, 2.45) is 7.05 Å². The Bertz CT molecular complexity index is 1500. The van der Waals surface area contributed by atoms with Crippen LogP contribution in [0.2, 0.25) is 0 Å². The number of hydrogen-bond acceptors (Lipinski definition) is 6. The van der Waals surface area contributed by atoms with Gasteiger partial charge in [0, 0.05) is 44.2 Å². The molecule has 2 atom stereocenters. The molecule has 1 aliphatic rings. The fraction of sp³-hybridized carbons (Fsp3) is 0.400. The second-order valence-corrected chi connectivity index (χ2v) is 11.2. The van der Waals surface area contributed by atoms with Crippen LogP contribution in [0.15, 0.2) is 53.8 Å². The Morgan fingerprint density at radius 3 is 2.53 bits per heavy atom. The van der Waals surface area contributed by atoms with Crippen molar-refractivity contribution in [2.45, 2.75) is 44.3 Å². The van der Waals surface area contributed by atoms with Gasteiger partial charge in [0.05, 0.1) is 23.6 Å². The standard InChI is InChI=1S/C25H30FN7O2S/c1-5-18(3)32-11-10-31(36(34,35)25-15-27-30(4)29-25)16-24(32)22-13-19-14-28-33(23(19)12-17(22)2)21-8-6-20(26)7-9-21/h6-9,12-15,18,24H,5,10-11,16H2,1-4H3/t18-,24-/m0/s1. The molecular weight excluding hydrogens is 481 g/mol. The summed E-state index contributed by atoms with van der Waals surface area (Å²) in [6.07, 6.45) is 4.05. The Morgan fingerprint density at radius 1 is 1.11 bits per heavy atom. The quantitative estimate of drug-likeness (QED) is 0.394. The van der Waals surface area contributed by atoms with Gasteiger partial charge in [0.2, 0.25) is 5.03 Å². The van der Waals surface area contributed by atoms with Gasteiger partial charge in [-0.3, -0.25) is 4.90 Å². The highest BCUT2D eigenvalue weighted by atomic mass is 32.2. The Hall–Kier alpha value is -3.15. The van der Waals surface area contributed by atoms with Crippen molar-refractivity contribution in [2.75, 3.05) is 19.6 Å². The van der Waals surface area contributed by atoms with E-state index < -0.39 is 10.0 Å². The second kappa shape index (κ2) is 9.38. The van der Waals surface area contributed by atoms with Crippen LogP contribution in [0.5, 0.6) is 0 Å². The van der Waals surface area contributed by atoms with Gasteiger partial charge < -0.3 is 0 Å². The van der Waals surface area contributed by atoms with Crippen LogP contribution in [0.25, 0.3) is 16.6 Å². The molecule has 4 aromatic rings. The van der Waals surface area contributed by atoms with Gasteiger partial charge in [-0.05, 0) is 67.8 Å². The lowest BCUT2D eigenvalue weighted by molar-refractivity contribution is 0.0778. The van der Waals surface area contributed by atoms with Crippen LogP contribution in [-0.4, -0.2) is 68.1 Å². The second-order valence-electron chi connectivity index (χ2n) is 9.35. The van der Waals surface area contributed by atoms with Crippen LogP contribution in [0.3, 0.4) is 0 Å². The van der Waals surface area contributed by atoms with E-state index in [1.807, 2.05) is 6.92 Å². The summed E-state index contributed by atoms with van der Waals surface area (Å²) in [4.78, 5) is 3.65. The number of halogens is 1. The Morgan fingerprint density at radius 2 is 1.86 bits per heavy atom. The number of aryl methyl sites for hydroxylation is 2. The monoisotopic (exact) mass is 511 g/mol. The largest absolute Gasteiger partial charge is 0.291 e. The number of benzene rings is 2. The molecule has 36 heavy (non-hydrogen) atoms. The predicted molar refractivity (Wildman–Crippen MR) is 135 cm³/mol. The van der Waals surface area contributed by atoms with E-state index in [0.29, 0.717) is 19.6 Å². The molecule has 3 heterocycles. The summed E-state index contributed by atoms with van der Waals surface area (Å²) in [6.45, 7) is 7.70. The maximum absolute atomic E-state index is 13.4. The van der Waals surface area contributed by atoms with Crippen molar-refractivity contribution in [3.05, 3.63) is 65.7 Å². The van der Waals surface area contributed by atoms with Crippen molar-refractivity contribution in [3.8, 4) is 5.69 Å². The SMILES string of the molecule is CC[C@H](C)N1CCN(S(=O)(=O)c2cnn(C)n2)C[C@H]1c1cc2cnn(-c3ccc(F)cc3)c2cc1C. The van der Waals surface area contributed by atoms with E-state index in [9.17, 15) is 12.8 Å². The van der Waals surface area contributed by atoms with Gasteiger partial charge in [-0.15, -0.1) is 5.10 Å². The van der Waals surface area contributed by atoms with Crippen molar-refractivity contribution in [1.82, 2.24) is 34.0 Å². The third-order valence-electron chi connectivity index (χ3n) is 7.11. The minimum atomic E-state index is -3.76. The van der Waals surface area contributed by atoms with E-state index in [2.05, 4.69) is 46.2 Å². The average molecular weight is 512 g/mol. The molecule has 1 fully saturated rings. The summed E-state index contributed by atoms with van der Waals surface area (Å²) in [6, 6.07) is 10.6. The van der Waals surface area contributed by atoms with E-state index in [-0.39, 0.29) is 22.9 Å². The molecule has 0 aliphatic carbocycles. The van der Waals surface area contributed by atoms with Crippen molar-refractivity contribution >= 4 is 20.9 Å². The van der Waals surface area contributed by atoms with Gasteiger partial charge in [-0.2, -0.15) is 19.3 Å². The molecule has 2 aromatic carbocycles. The Kier molecular flexibility index (Phi) is 6.39. The highest BCUT2D eigenvalue weighted by Crippen LogP contribution is 2.35. The van der Waals surface area contributed by atoms with Crippen LogP contribution in [0.1, 0.15) is 37.4 Å². The molecule has 1 aliphatic heterocycles. The number of hydrogen-bond donors (Lipinski definition) is 0. The molecule has 0 saturated carbocycles. The first kappa shape index (κ1) is 24.5. The summed E-state index contributed by atoms with van der Waals surface area (Å²) in [5.41, 5.74) is 3.81. The van der Waals surface area contributed by atoms with Crippen LogP contribution < -0.4 is 0 Å². The zero-order valence-corrected chi connectivity index (χ0v) is 21.7. The van der Waals surface area contributed by atoms with Crippen molar-refractivity contribution in [3.63, 3.8) is 0 Å². The van der Waals surface area contributed by atoms with Gasteiger partial charge in [-0.25, -0.2) is 17.5 Å². The Labute approximate surface area is 210 Å². The molecule has 2 aromatic heterocycles. The normalized spacial score (nSPS) is 18.6. The molecule has 0 unspecified atom stereocenters. The van der Waals surface area contributed by atoms with Crippen LogP contribution in [0, 0.1) is 12.7 Å². The maximum Gasteiger partial charge on any atom is 0.264 e. The summed E-state index contributed by atoms with van der Waals surface area (Å²) < 4.78 is 43.5. The zero-order valence-electron chi connectivity index (χ0n) is 20.8. The van der Waals surface area contributed by atoms with Crippen molar-refractivity contribution < 1.29 is 12.8 Å². The highest BCUT2D eigenvalue weighted by molar-refractivity contribution is 7.89. The lowest BCUT2D eigenvalue weighted by Gasteiger charge is -2.44. The van der Waals surface area contributed by atoms with Gasteiger partial charge in [0.15, 0.2) is 0 Å². The van der Waals surface area contributed by atoms with E-state index in [1.54, 1.807) is 30.1 Å². The average Bonchev–Trinajstić information content (AvgIpc) is 3.49. The van der Waals surface area contributed by atoms with E-state index in [1.165, 1.54) is 27.4 Å². The van der Waals surface area contributed by atoms with E-state index >= 15 is 0 Å². The number of fused-ring (bicyclic) bond motifs is 1. The molecule has 190 valence electrons. The number of piperazine rings is 1. The minimum absolute atomic E-state index is 0.0338. The van der Waals surface area contributed by atoms with Crippen LogP contribution >= 0.6 is 0 Å². The van der Waals surface area contributed by atoms with Crippen LogP contribution in [-0.2, 0) is 17.1 Å². The Balaban J connectivity index is 1.54. The summed E-state index contributed by atoms with van der Waals surface area (Å²) >= 11 is 0. The summed E-state index contributed by atoms with van der Waals surface area (Å²) in [5.74, 6) is -0.294. The highest BCUT2D eigenvalue weighted by Gasteiger charge is 2.38. The number of rotatable bonds is 6. The van der Waals surface area contributed by atoms with Gasteiger partial charge in [0.25, 0.3) is 10.0 Å². The van der Waals surface area contributed by atoms with Crippen LogP contribution in [0.4, 0.5) is 4.39 Å². The number of nitrogens with zero attached hydrogens (tertiary/aromatic N) is 7. The van der Waals surface area contributed by atoms with E-state index in [0.717, 1.165) is 34.1 Å². The molecule has 1 saturated heterocycles. The van der Waals surface area contributed by atoms with Crippen molar-refractivity contribution in [1.29, 1.82) is 0 Å². The minimum Gasteiger partial charge on any atom is -0.291 e. The lowest BCUT2D eigenvalue weighted by atomic mass is 9.95. The first-order chi connectivity index (χ1) is 17.2.